The molecular formula is C15H21Cl2N3O2. The molecule has 1 saturated heterocycles. The predicted molar refractivity (Wildman–Crippen MR) is 90.4 cm³/mol. The van der Waals surface area contributed by atoms with E-state index in [1.807, 2.05) is 19.9 Å². The zero-order valence-electron chi connectivity index (χ0n) is 12.6. The van der Waals surface area contributed by atoms with Crippen LogP contribution in [-0.4, -0.2) is 30.4 Å². The largest absolute Gasteiger partial charge is 0.354 e. The summed E-state index contributed by atoms with van der Waals surface area (Å²) < 4.78 is 0. The van der Waals surface area contributed by atoms with Gasteiger partial charge in [-0.25, -0.2) is 0 Å². The Morgan fingerprint density at radius 1 is 1.45 bits per heavy atom. The van der Waals surface area contributed by atoms with E-state index in [1.54, 1.807) is 23.1 Å². The molecule has 0 spiro atoms. The third kappa shape index (κ3) is 4.60. The van der Waals surface area contributed by atoms with E-state index in [2.05, 4.69) is 5.32 Å². The zero-order chi connectivity index (χ0) is 15.6. The van der Waals surface area contributed by atoms with E-state index in [0.717, 1.165) is 0 Å². The molecule has 22 heavy (non-hydrogen) atoms. The smallest absolute Gasteiger partial charge is 0.227 e. The lowest BCUT2D eigenvalue weighted by Gasteiger charge is -2.21. The number of amides is 2. The van der Waals surface area contributed by atoms with Crippen LogP contribution in [0.15, 0.2) is 24.3 Å². The maximum Gasteiger partial charge on any atom is 0.227 e. The van der Waals surface area contributed by atoms with Crippen LogP contribution in [0.3, 0.4) is 0 Å². The summed E-state index contributed by atoms with van der Waals surface area (Å²) in [6.45, 7) is 4.40. The molecule has 0 aromatic heterocycles. The first-order valence-corrected chi connectivity index (χ1v) is 7.27. The minimum absolute atomic E-state index is 0. The van der Waals surface area contributed by atoms with Crippen molar-refractivity contribution in [1.29, 1.82) is 0 Å². The van der Waals surface area contributed by atoms with Crippen LogP contribution < -0.4 is 16.0 Å². The molecule has 1 unspecified atom stereocenters. The number of rotatable bonds is 4. The Kier molecular flexibility index (Phi) is 6.23. The standard InChI is InChI=1S/C15H20ClN3O2.ClH/c1-15(2,17)9-18-14(21)10-7-13(20)19(8-10)12-6-4-3-5-11(12)16;/h3-6,10H,7-9,17H2,1-2H3,(H,18,21);1H. The van der Waals surface area contributed by atoms with Crippen LogP contribution in [0, 0.1) is 5.92 Å². The van der Waals surface area contributed by atoms with Gasteiger partial charge in [0.2, 0.25) is 11.8 Å². The number of anilines is 1. The summed E-state index contributed by atoms with van der Waals surface area (Å²) in [4.78, 5) is 25.8. The summed E-state index contributed by atoms with van der Waals surface area (Å²) in [5.74, 6) is -0.595. The number of carbonyl (C=O) groups excluding carboxylic acids is 2. The second-order valence-electron chi connectivity index (χ2n) is 6.06. The first kappa shape index (κ1) is 18.7. The highest BCUT2D eigenvalue weighted by molar-refractivity contribution is 6.33. The van der Waals surface area contributed by atoms with Crippen molar-refractivity contribution in [3.05, 3.63) is 29.3 Å². The average Bonchev–Trinajstić information content (AvgIpc) is 2.78. The van der Waals surface area contributed by atoms with Gasteiger partial charge in [-0.05, 0) is 26.0 Å². The highest BCUT2D eigenvalue weighted by Crippen LogP contribution is 2.30. The Labute approximate surface area is 141 Å². The molecule has 5 nitrogen and oxygen atoms in total. The number of benzene rings is 1. The molecule has 3 N–H and O–H groups in total. The van der Waals surface area contributed by atoms with Crippen molar-refractivity contribution < 1.29 is 9.59 Å². The summed E-state index contributed by atoms with van der Waals surface area (Å²) in [7, 11) is 0. The molecule has 1 aromatic carbocycles. The molecule has 7 heteroatoms. The number of halogens is 2. The van der Waals surface area contributed by atoms with Crippen LogP contribution in [0.2, 0.25) is 5.02 Å². The number of carbonyl (C=O) groups is 2. The molecule has 1 aliphatic rings. The van der Waals surface area contributed by atoms with Crippen LogP contribution in [0.4, 0.5) is 5.69 Å². The highest BCUT2D eigenvalue weighted by Gasteiger charge is 2.36. The number of para-hydroxylation sites is 1. The lowest BCUT2D eigenvalue weighted by atomic mass is 10.1. The van der Waals surface area contributed by atoms with Crippen molar-refractivity contribution in [3.63, 3.8) is 0 Å². The highest BCUT2D eigenvalue weighted by atomic mass is 35.5. The topological polar surface area (TPSA) is 75.4 Å². The second kappa shape index (κ2) is 7.31. The Morgan fingerprint density at radius 3 is 2.68 bits per heavy atom. The van der Waals surface area contributed by atoms with Gasteiger partial charge in [0.15, 0.2) is 0 Å². The van der Waals surface area contributed by atoms with E-state index in [0.29, 0.717) is 23.8 Å². The molecule has 1 aliphatic heterocycles. The van der Waals surface area contributed by atoms with Crippen LogP contribution in [-0.2, 0) is 9.59 Å². The minimum Gasteiger partial charge on any atom is -0.354 e. The minimum atomic E-state index is -0.472. The van der Waals surface area contributed by atoms with E-state index in [1.165, 1.54) is 0 Å². The van der Waals surface area contributed by atoms with Crippen molar-refractivity contribution in [1.82, 2.24) is 5.32 Å². The SMILES string of the molecule is CC(C)(N)CNC(=O)C1CC(=O)N(c2ccccc2Cl)C1.Cl. The molecule has 2 amide bonds. The average molecular weight is 346 g/mol. The first-order valence-electron chi connectivity index (χ1n) is 6.89. The van der Waals surface area contributed by atoms with Gasteiger partial charge in [0.25, 0.3) is 0 Å². The second-order valence-corrected chi connectivity index (χ2v) is 6.47. The van der Waals surface area contributed by atoms with Gasteiger partial charge in [-0.15, -0.1) is 12.4 Å². The van der Waals surface area contributed by atoms with Crippen LogP contribution in [0.1, 0.15) is 20.3 Å². The molecule has 1 fully saturated rings. The molecule has 0 saturated carbocycles. The van der Waals surface area contributed by atoms with Gasteiger partial charge in [-0.1, -0.05) is 23.7 Å². The summed E-state index contributed by atoms with van der Waals surface area (Å²) in [5.41, 5.74) is 6.02. The molecule has 1 atom stereocenters. The molecule has 0 aliphatic carbocycles. The quantitative estimate of drug-likeness (QED) is 0.875. The third-order valence-electron chi connectivity index (χ3n) is 3.36. The van der Waals surface area contributed by atoms with Gasteiger partial charge in [0.05, 0.1) is 16.6 Å². The molecular weight excluding hydrogens is 325 g/mol. The Hall–Kier alpha value is -1.30. The van der Waals surface area contributed by atoms with Crippen LogP contribution >= 0.6 is 24.0 Å². The maximum atomic E-state index is 12.1. The van der Waals surface area contributed by atoms with E-state index >= 15 is 0 Å². The summed E-state index contributed by atoms with van der Waals surface area (Å²) in [6, 6.07) is 7.14. The molecule has 2 rings (SSSR count). The van der Waals surface area contributed by atoms with Crippen LogP contribution in [0.25, 0.3) is 0 Å². The van der Waals surface area contributed by atoms with E-state index in [9.17, 15) is 9.59 Å². The van der Waals surface area contributed by atoms with E-state index in [-0.39, 0.29) is 36.6 Å². The van der Waals surface area contributed by atoms with Gasteiger partial charge < -0.3 is 16.0 Å². The molecule has 1 aromatic rings. The van der Waals surface area contributed by atoms with Crippen LogP contribution in [0.5, 0.6) is 0 Å². The van der Waals surface area contributed by atoms with Crippen molar-refractivity contribution in [3.8, 4) is 0 Å². The molecule has 122 valence electrons. The Bertz CT molecular complexity index is 558. The maximum absolute atomic E-state index is 12.1. The lowest BCUT2D eigenvalue weighted by Crippen LogP contribution is -2.46. The number of nitrogens with zero attached hydrogens (tertiary/aromatic N) is 1. The van der Waals surface area contributed by atoms with Gasteiger partial charge in [-0.2, -0.15) is 0 Å². The fourth-order valence-corrected chi connectivity index (χ4v) is 2.48. The van der Waals surface area contributed by atoms with Crippen molar-refractivity contribution in [2.24, 2.45) is 11.7 Å². The molecule has 1 heterocycles. The summed E-state index contributed by atoms with van der Waals surface area (Å²) >= 11 is 6.11. The zero-order valence-corrected chi connectivity index (χ0v) is 14.2. The number of nitrogens with two attached hydrogens (primary N) is 1. The monoisotopic (exact) mass is 345 g/mol. The van der Waals surface area contributed by atoms with Crippen molar-refractivity contribution >= 4 is 41.5 Å². The fraction of sp³-hybridized carbons (Fsp3) is 0.467. The van der Waals surface area contributed by atoms with Gasteiger partial charge in [0.1, 0.15) is 0 Å². The first-order chi connectivity index (χ1) is 9.78. The predicted octanol–water partition coefficient (Wildman–Crippen LogP) is 1.97. The summed E-state index contributed by atoms with van der Waals surface area (Å²) in [6.07, 6.45) is 0.196. The fourth-order valence-electron chi connectivity index (χ4n) is 2.25. The van der Waals surface area contributed by atoms with Crippen molar-refractivity contribution in [2.45, 2.75) is 25.8 Å². The van der Waals surface area contributed by atoms with Gasteiger partial charge >= 0.3 is 0 Å². The lowest BCUT2D eigenvalue weighted by molar-refractivity contribution is -0.126. The summed E-state index contributed by atoms with van der Waals surface area (Å²) in [5, 5.41) is 3.31. The molecule has 0 bridgehead atoms. The van der Waals surface area contributed by atoms with E-state index < -0.39 is 5.54 Å². The Balaban J connectivity index is 0.00000242. The number of hydrogen-bond acceptors (Lipinski definition) is 3. The normalized spacial score (nSPS) is 18.1. The molecule has 0 radical (unpaired) electrons. The number of hydrogen-bond donors (Lipinski definition) is 2. The van der Waals surface area contributed by atoms with Crippen molar-refractivity contribution in [2.75, 3.05) is 18.0 Å². The van der Waals surface area contributed by atoms with Gasteiger partial charge in [-0.3, -0.25) is 9.59 Å². The number of nitrogens with one attached hydrogen (secondary N) is 1. The van der Waals surface area contributed by atoms with Gasteiger partial charge in [0, 0.05) is 25.0 Å². The Morgan fingerprint density at radius 2 is 2.09 bits per heavy atom. The third-order valence-corrected chi connectivity index (χ3v) is 3.68. The van der Waals surface area contributed by atoms with E-state index in [4.69, 9.17) is 17.3 Å².